The molecular weight excluding hydrogens is 400 g/mol. The first-order valence-corrected chi connectivity index (χ1v) is 8.89. The van der Waals surface area contributed by atoms with Gasteiger partial charge in [0.1, 0.15) is 0 Å². The first-order valence-electron chi connectivity index (χ1n) is 6.84. The number of rotatable bonds is 3. The van der Waals surface area contributed by atoms with E-state index in [1.54, 1.807) is 18.2 Å². The molecule has 2 aromatic rings. The second-order valence-electron chi connectivity index (χ2n) is 5.00. The number of halogens is 2. The van der Waals surface area contributed by atoms with E-state index in [0.29, 0.717) is 16.4 Å². The van der Waals surface area contributed by atoms with E-state index >= 15 is 0 Å². The molecule has 1 unspecified atom stereocenters. The predicted octanol–water partition coefficient (Wildman–Crippen LogP) is 4.54. The molecule has 0 bridgehead atoms. The van der Waals surface area contributed by atoms with Crippen LogP contribution in [0.2, 0.25) is 5.02 Å². The van der Waals surface area contributed by atoms with Crippen LogP contribution < -0.4 is 10.6 Å². The first-order chi connectivity index (χ1) is 11.0. The van der Waals surface area contributed by atoms with Gasteiger partial charge in [-0.2, -0.15) is 0 Å². The van der Waals surface area contributed by atoms with Crippen molar-refractivity contribution >= 4 is 62.5 Å². The van der Waals surface area contributed by atoms with E-state index < -0.39 is 5.25 Å². The molecule has 3 rings (SSSR count). The van der Waals surface area contributed by atoms with Crippen molar-refractivity contribution in [1.82, 2.24) is 0 Å². The molecule has 1 heterocycles. The molecule has 2 amide bonds. The number of carbonyl (C=O) groups is 2. The summed E-state index contributed by atoms with van der Waals surface area (Å²) in [5, 5.41) is 5.70. The lowest BCUT2D eigenvalue weighted by Crippen LogP contribution is -2.32. The molecule has 0 aromatic heterocycles. The topological polar surface area (TPSA) is 58.2 Å². The Morgan fingerprint density at radius 2 is 2.13 bits per heavy atom. The molecular formula is C16H12BrClN2O2S. The number of hydrogen-bond donors (Lipinski definition) is 2. The molecule has 0 saturated heterocycles. The third-order valence-electron chi connectivity index (χ3n) is 3.24. The molecule has 4 nitrogen and oxygen atoms in total. The van der Waals surface area contributed by atoms with Crippen molar-refractivity contribution in [3.05, 3.63) is 52.0 Å². The Bertz CT molecular complexity index is 784. The fourth-order valence-corrected chi connectivity index (χ4v) is 3.87. The van der Waals surface area contributed by atoms with Crippen LogP contribution in [0.3, 0.4) is 0 Å². The van der Waals surface area contributed by atoms with Gasteiger partial charge in [-0.25, -0.2) is 0 Å². The van der Waals surface area contributed by atoms with Gasteiger partial charge < -0.3 is 10.6 Å². The molecule has 118 valence electrons. The van der Waals surface area contributed by atoms with Crippen molar-refractivity contribution in [2.24, 2.45) is 0 Å². The van der Waals surface area contributed by atoms with Gasteiger partial charge in [0, 0.05) is 26.5 Å². The molecule has 0 aliphatic carbocycles. The monoisotopic (exact) mass is 410 g/mol. The Morgan fingerprint density at radius 1 is 1.30 bits per heavy atom. The summed E-state index contributed by atoms with van der Waals surface area (Å²) in [6.07, 6.45) is 0.102. The molecule has 7 heteroatoms. The van der Waals surface area contributed by atoms with E-state index in [2.05, 4.69) is 26.6 Å². The van der Waals surface area contributed by atoms with Gasteiger partial charge in [0.2, 0.25) is 11.8 Å². The molecule has 0 fully saturated rings. The third kappa shape index (κ3) is 4.07. The SMILES string of the molecule is O=C(CC1Sc2ccc(Cl)cc2NC1=O)Nc1cccc(Br)c1. The number of hydrogen-bond acceptors (Lipinski definition) is 3. The molecule has 1 aliphatic rings. The fourth-order valence-electron chi connectivity index (χ4n) is 2.20. The van der Waals surface area contributed by atoms with Crippen LogP contribution in [-0.4, -0.2) is 17.1 Å². The molecule has 1 aliphatic heterocycles. The van der Waals surface area contributed by atoms with Gasteiger partial charge in [0.15, 0.2) is 0 Å². The van der Waals surface area contributed by atoms with Gasteiger partial charge in [0.25, 0.3) is 0 Å². The number of fused-ring (bicyclic) bond motifs is 1. The molecule has 0 radical (unpaired) electrons. The highest BCUT2D eigenvalue weighted by atomic mass is 79.9. The van der Waals surface area contributed by atoms with Crippen LogP contribution >= 0.6 is 39.3 Å². The summed E-state index contributed by atoms with van der Waals surface area (Å²) in [6, 6.07) is 12.6. The van der Waals surface area contributed by atoms with E-state index in [-0.39, 0.29) is 18.2 Å². The fraction of sp³-hybridized carbons (Fsp3) is 0.125. The van der Waals surface area contributed by atoms with Gasteiger partial charge in [-0.1, -0.05) is 33.6 Å². The van der Waals surface area contributed by atoms with Crippen LogP contribution in [0.1, 0.15) is 6.42 Å². The van der Waals surface area contributed by atoms with Crippen LogP contribution in [0.15, 0.2) is 51.8 Å². The zero-order valence-corrected chi connectivity index (χ0v) is 15.0. The zero-order chi connectivity index (χ0) is 16.4. The Balaban J connectivity index is 1.67. The summed E-state index contributed by atoms with van der Waals surface area (Å²) in [5.74, 6) is -0.387. The minimum absolute atomic E-state index is 0.102. The standard InChI is InChI=1S/C16H12BrClN2O2S/c17-9-2-1-3-11(6-9)19-15(21)8-14-16(22)20-12-7-10(18)4-5-13(12)23-14/h1-7,14H,8H2,(H,19,21)(H,20,22). The number of thioether (sulfide) groups is 1. The number of amides is 2. The van der Waals surface area contributed by atoms with Crippen molar-refractivity contribution in [1.29, 1.82) is 0 Å². The van der Waals surface area contributed by atoms with Gasteiger partial charge >= 0.3 is 0 Å². The normalized spacial score (nSPS) is 16.4. The Hall–Kier alpha value is -1.50. The minimum atomic E-state index is -0.462. The number of benzene rings is 2. The number of anilines is 2. The van der Waals surface area contributed by atoms with Gasteiger partial charge in [-0.15, -0.1) is 11.8 Å². The van der Waals surface area contributed by atoms with E-state index in [0.717, 1.165) is 9.37 Å². The van der Waals surface area contributed by atoms with E-state index in [9.17, 15) is 9.59 Å². The lowest BCUT2D eigenvalue weighted by molar-refractivity contribution is -0.120. The van der Waals surface area contributed by atoms with Gasteiger partial charge in [0.05, 0.1) is 10.9 Å². The molecule has 2 aromatic carbocycles. The van der Waals surface area contributed by atoms with Crippen molar-refractivity contribution < 1.29 is 9.59 Å². The van der Waals surface area contributed by atoms with Crippen LogP contribution in [0, 0.1) is 0 Å². The zero-order valence-electron chi connectivity index (χ0n) is 11.8. The number of nitrogens with one attached hydrogen (secondary N) is 2. The molecule has 23 heavy (non-hydrogen) atoms. The van der Waals surface area contributed by atoms with Gasteiger partial charge in [-0.3, -0.25) is 9.59 Å². The minimum Gasteiger partial charge on any atom is -0.326 e. The molecule has 2 N–H and O–H groups in total. The summed E-state index contributed by atoms with van der Waals surface area (Å²) in [5.41, 5.74) is 1.38. The Morgan fingerprint density at radius 3 is 2.91 bits per heavy atom. The lowest BCUT2D eigenvalue weighted by Gasteiger charge is -2.23. The average molecular weight is 412 g/mol. The van der Waals surface area contributed by atoms with Crippen LogP contribution in [0.4, 0.5) is 11.4 Å². The summed E-state index contributed by atoms with van der Waals surface area (Å²) in [7, 11) is 0. The van der Waals surface area contributed by atoms with Crippen LogP contribution in [-0.2, 0) is 9.59 Å². The highest BCUT2D eigenvalue weighted by molar-refractivity contribution is 9.10. The maximum absolute atomic E-state index is 12.2. The Kier molecular flexibility index (Phi) is 4.94. The largest absolute Gasteiger partial charge is 0.326 e. The van der Waals surface area contributed by atoms with Crippen LogP contribution in [0.25, 0.3) is 0 Å². The predicted molar refractivity (Wildman–Crippen MR) is 97.1 cm³/mol. The summed E-state index contributed by atoms with van der Waals surface area (Å²) < 4.78 is 0.880. The number of carbonyl (C=O) groups excluding carboxylic acids is 2. The lowest BCUT2D eigenvalue weighted by atomic mass is 10.2. The maximum Gasteiger partial charge on any atom is 0.238 e. The molecule has 0 spiro atoms. The van der Waals surface area contributed by atoms with Crippen molar-refractivity contribution in [3.8, 4) is 0 Å². The van der Waals surface area contributed by atoms with Crippen molar-refractivity contribution in [2.45, 2.75) is 16.6 Å². The highest BCUT2D eigenvalue weighted by Crippen LogP contribution is 2.38. The Labute approximate surface area is 151 Å². The summed E-state index contributed by atoms with van der Waals surface area (Å²) >= 11 is 10.6. The smallest absolute Gasteiger partial charge is 0.238 e. The van der Waals surface area contributed by atoms with Crippen molar-refractivity contribution in [3.63, 3.8) is 0 Å². The average Bonchev–Trinajstić information content (AvgIpc) is 2.48. The highest BCUT2D eigenvalue weighted by Gasteiger charge is 2.29. The maximum atomic E-state index is 12.2. The van der Waals surface area contributed by atoms with Crippen molar-refractivity contribution in [2.75, 3.05) is 10.6 Å². The van der Waals surface area contributed by atoms with E-state index in [1.807, 2.05) is 24.3 Å². The van der Waals surface area contributed by atoms with E-state index in [4.69, 9.17) is 11.6 Å². The summed E-state index contributed by atoms with van der Waals surface area (Å²) in [6.45, 7) is 0. The first kappa shape index (κ1) is 16.4. The van der Waals surface area contributed by atoms with Crippen LogP contribution in [0.5, 0.6) is 0 Å². The molecule has 0 saturated carbocycles. The second kappa shape index (κ2) is 6.95. The van der Waals surface area contributed by atoms with E-state index in [1.165, 1.54) is 11.8 Å². The second-order valence-corrected chi connectivity index (χ2v) is 7.60. The summed E-state index contributed by atoms with van der Waals surface area (Å²) in [4.78, 5) is 25.2. The van der Waals surface area contributed by atoms with Gasteiger partial charge in [-0.05, 0) is 36.4 Å². The third-order valence-corrected chi connectivity index (χ3v) is 5.24. The quantitative estimate of drug-likeness (QED) is 0.779. The molecule has 1 atom stereocenters.